The van der Waals surface area contributed by atoms with Crippen molar-refractivity contribution in [3.63, 3.8) is 0 Å². The van der Waals surface area contributed by atoms with Crippen molar-refractivity contribution in [1.29, 1.82) is 0 Å². The summed E-state index contributed by atoms with van der Waals surface area (Å²) in [6.07, 6.45) is 1.38. The van der Waals surface area contributed by atoms with Crippen LogP contribution in [0.3, 0.4) is 0 Å². The topological polar surface area (TPSA) is 58.6 Å². The lowest BCUT2D eigenvalue weighted by molar-refractivity contribution is -0.137. The summed E-state index contributed by atoms with van der Waals surface area (Å²) in [5.41, 5.74) is 2.31. The largest absolute Gasteiger partial charge is 0.484 e. The van der Waals surface area contributed by atoms with Crippen LogP contribution in [0.1, 0.15) is 37.8 Å². The summed E-state index contributed by atoms with van der Waals surface area (Å²) in [5, 5.41) is 3.13. The first-order valence-corrected chi connectivity index (χ1v) is 10.7. The van der Waals surface area contributed by atoms with Crippen molar-refractivity contribution < 1.29 is 14.3 Å². The zero-order chi connectivity index (χ0) is 21.6. The average molecular weight is 409 g/mol. The van der Waals surface area contributed by atoms with Crippen molar-refractivity contribution in [2.75, 3.05) is 26.2 Å². The molecule has 1 fully saturated rings. The van der Waals surface area contributed by atoms with Gasteiger partial charge in [0, 0.05) is 31.0 Å². The Hall–Kier alpha value is -2.82. The van der Waals surface area contributed by atoms with E-state index in [2.05, 4.69) is 50.4 Å². The first kappa shape index (κ1) is 21.9. The lowest BCUT2D eigenvalue weighted by Crippen LogP contribution is -2.46. The van der Waals surface area contributed by atoms with Crippen molar-refractivity contribution in [1.82, 2.24) is 10.2 Å². The van der Waals surface area contributed by atoms with Crippen molar-refractivity contribution >= 4 is 11.8 Å². The third-order valence-electron chi connectivity index (χ3n) is 5.83. The molecule has 2 aromatic carbocycles. The van der Waals surface area contributed by atoms with Gasteiger partial charge in [-0.15, -0.1) is 0 Å². The lowest BCUT2D eigenvalue weighted by Gasteiger charge is -2.32. The number of hydrogen-bond acceptors (Lipinski definition) is 3. The molecule has 30 heavy (non-hydrogen) atoms. The van der Waals surface area contributed by atoms with E-state index in [4.69, 9.17) is 4.74 Å². The first-order chi connectivity index (χ1) is 14.3. The van der Waals surface area contributed by atoms with Gasteiger partial charge in [0.25, 0.3) is 5.91 Å². The summed E-state index contributed by atoms with van der Waals surface area (Å²) < 4.78 is 5.55. The smallest absolute Gasteiger partial charge is 0.260 e. The van der Waals surface area contributed by atoms with E-state index in [1.807, 2.05) is 30.3 Å². The molecule has 1 N–H and O–H groups in total. The number of likely N-dealkylation sites (tertiary alicyclic amines) is 1. The fourth-order valence-corrected chi connectivity index (χ4v) is 3.76. The van der Waals surface area contributed by atoms with E-state index < -0.39 is 0 Å². The number of hydrogen-bond donors (Lipinski definition) is 1. The van der Waals surface area contributed by atoms with E-state index >= 15 is 0 Å². The Morgan fingerprint density at radius 2 is 1.77 bits per heavy atom. The predicted octanol–water partition coefficient (Wildman–Crippen LogP) is 3.71. The number of aryl methyl sites for hydroxylation is 1. The maximum atomic E-state index is 12.7. The van der Waals surface area contributed by atoms with Gasteiger partial charge in [-0.1, -0.05) is 61.9 Å². The van der Waals surface area contributed by atoms with Crippen LogP contribution in [0.15, 0.2) is 54.6 Å². The van der Waals surface area contributed by atoms with E-state index in [-0.39, 0.29) is 29.8 Å². The van der Waals surface area contributed by atoms with Crippen LogP contribution in [0.4, 0.5) is 0 Å². The normalized spacial score (nSPS) is 15.0. The molecule has 1 saturated heterocycles. The van der Waals surface area contributed by atoms with Gasteiger partial charge in [-0.3, -0.25) is 9.59 Å². The number of nitrogens with one attached hydrogen (secondary N) is 1. The van der Waals surface area contributed by atoms with Crippen LogP contribution in [-0.4, -0.2) is 43.0 Å². The highest BCUT2D eigenvalue weighted by atomic mass is 16.5. The van der Waals surface area contributed by atoms with Gasteiger partial charge >= 0.3 is 0 Å². The summed E-state index contributed by atoms with van der Waals surface area (Å²) in [4.78, 5) is 26.9. The van der Waals surface area contributed by atoms with Gasteiger partial charge in [0.2, 0.25) is 5.91 Å². The van der Waals surface area contributed by atoms with Gasteiger partial charge in [-0.25, -0.2) is 0 Å². The second-order valence-electron chi connectivity index (χ2n) is 8.73. The van der Waals surface area contributed by atoms with Gasteiger partial charge in [-0.05, 0) is 37.5 Å². The molecule has 5 nitrogen and oxygen atoms in total. The number of amides is 2. The highest BCUT2D eigenvalue weighted by Crippen LogP contribution is 2.24. The molecule has 3 rings (SSSR count). The van der Waals surface area contributed by atoms with E-state index in [1.165, 1.54) is 11.1 Å². The van der Waals surface area contributed by atoms with E-state index in [1.54, 1.807) is 4.90 Å². The standard InChI is InChI=1S/C25H32N2O3/c1-19-8-7-9-21(16-19)25(2,3)18-26-24(29)20-12-14-27(15-13-20)23(28)17-30-22-10-5-4-6-11-22/h4-11,16,20H,12-15,17-18H2,1-3H3,(H,26,29). The zero-order valence-corrected chi connectivity index (χ0v) is 18.2. The van der Waals surface area contributed by atoms with Gasteiger partial charge in [-0.2, -0.15) is 0 Å². The number of rotatable bonds is 7. The molecule has 1 aliphatic rings. The van der Waals surface area contributed by atoms with Crippen LogP contribution >= 0.6 is 0 Å². The fourth-order valence-electron chi connectivity index (χ4n) is 3.76. The molecule has 0 radical (unpaired) electrons. The number of carbonyl (C=O) groups is 2. The van der Waals surface area contributed by atoms with Gasteiger partial charge in [0.05, 0.1) is 0 Å². The lowest BCUT2D eigenvalue weighted by atomic mass is 9.83. The van der Waals surface area contributed by atoms with E-state index in [0.29, 0.717) is 38.2 Å². The fraction of sp³-hybridized carbons (Fsp3) is 0.440. The maximum absolute atomic E-state index is 12.7. The van der Waals surface area contributed by atoms with E-state index in [0.717, 1.165) is 0 Å². The third kappa shape index (κ3) is 5.85. The van der Waals surface area contributed by atoms with Crippen molar-refractivity contribution in [3.8, 4) is 5.75 Å². The Kier molecular flexibility index (Phi) is 7.14. The molecule has 5 heteroatoms. The summed E-state index contributed by atoms with van der Waals surface area (Å²) in [7, 11) is 0. The van der Waals surface area contributed by atoms with Crippen LogP contribution in [-0.2, 0) is 15.0 Å². The molecule has 2 amide bonds. The molecule has 1 heterocycles. The third-order valence-corrected chi connectivity index (χ3v) is 5.83. The van der Waals surface area contributed by atoms with Crippen LogP contribution < -0.4 is 10.1 Å². The molecule has 2 aromatic rings. The molecule has 1 aliphatic heterocycles. The van der Waals surface area contributed by atoms with Gasteiger partial charge in [0.1, 0.15) is 5.75 Å². The highest BCUT2D eigenvalue weighted by molar-refractivity contribution is 5.80. The molecule has 0 atom stereocenters. The molecule has 0 saturated carbocycles. The SMILES string of the molecule is Cc1cccc(C(C)(C)CNC(=O)C2CCN(C(=O)COc3ccccc3)CC2)c1. The highest BCUT2D eigenvalue weighted by Gasteiger charge is 2.29. The van der Waals surface area contributed by atoms with Crippen LogP contribution in [0.25, 0.3) is 0 Å². The van der Waals surface area contributed by atoms with Crippen molar-refractivity contribution in [3.05, 3.63) is 65.7 Å². The minimum Gasteiger partial charge on any atom is -0.484 e. The van der Waals surface area contributed by atoms with Crippen LogP contribution in [0, 0.1) is 12.8 Å². The molecule has 0 spiro atoms. The number of carbonyl (C=O) groups excluding carboxylic acids is 2. The number of piperidine rings is 1. The van der Waals surface area contributed by atoms with Gasteiger partial charge < -0.3 is 15.0 Å². The second kappa shape index (κ2) is 9.79. The quantitative estimate of drug-likeness (QED) is 0.760. The maximum Gasteiger partial charge on any atom is 0.260 e. The van der Waals surface area contributed by atoms with Crippen LogP contribution in [0.5, 0.6) is 5.75 Å². The summed E-state index contributed by atoms with van der Waals surface area (Å²) in [6, 6.07) is 17.8. The summed E-state index contributed by atoms with van der Waals surface area (Å²) >= 11 is 0. The second-order valence-corrected chi connectivity index (χ2v) is 8.73. The number of benzene rings is 2. The summed E-state index contributed by atoms with van der Waals surface area (Å²) in [6.45, 7) is 8.20. The molecular formula is C25H32N2O3. The minimum absolute atomic E-state index is 0.0294. The van der Waals surface area contributed by atoms with Crippen molar-refractivity contribution in [2.24, 2.45) is 5.92 Å². The number of nitrogens with zero attached hydrogens (tertiary/aromatic N) is 1. The molecule has 0 aromatic heterocycles. The Labute approximate surface area is 179 Å². The number of ether oxygens (including phenoxy) is 1. The Morgan fingerprint density at radius 3 is 2.43 bits per heavy atom. The molecule has 0 unspecified atom stereocenters. The Balaban J connectivity index is 1.43. The number of para-hydroxylation sites is 1. The molecule has 0 aliphatic carbocycles. The zero-order valence-electron chi connectivity index (χ0n) is 18.2. The van der Waals surface area contributed by atoms with Gasteiger partial charge in [0.15, 0.2) is 6.61 Å². The minimum atomic E-state index is -0.132. The molecule has 160 valence electrons. The van der Waals surface area contributed by atoms with Crippen LogP contribution in [0.2, 0.25) is 0 Å². The first-order valence-electron chi connectivity index (χ1n) is 10.7. The average Bonchev–Trinajstić information content (AvgIpc) is 2.76. The molecular weight excluding hydrogens is 376 g/mol. The van der Waals surface area contributed by atoms with Crippen molar-refractivity contribution in [2.45, 2.75) is 39.0 Å². The Morgan fingerprint density at radius 1 is 1.07 bits per heavy atom. The Bertz CT molecular complexity index is 856. The predicted molar refractivity (Wildman–Crippen MR) is 118 cm³/mol. The van der Waals surface area contributed by atoms with E-state index in [9.17, 15) is 9.59 Å². The summed E-state index contributed by atoms with van der Waals surface area (Å²) in [5.74, 6) is 0.704. The molecule has 0 bridgehead atoms. The monoisotopic (exact) mass is 408 g/mol.